The van der Waals surface area contributed by atoms with Crippen LogP contribution >= 0.6 is 34.5 Å². The molecule has 0 aliphatic carbocycles. The van der Waals surface area contributed by atoms with E-state index in [1.165, 1.54) is 11.3 Å². The Morgan fingerprint density at radius 2 is 2.07 bits per heavy atom. The highest BCUT2D eigenvalue weighted by molar-refractivity contribution is 7.13. The fourth-order valence-electron chi connectivity index (χ4n) is 2.74. The molecule has 1 N–H and O–H groups in total. The van der Waals surface area contributed by atoms with Gasteiger partial charge in [0, 0.05) is 39.4 Å². The van der Waals surface area contributed by atoms with E-state index >= 15 is 0 Å². The van der Waals surface area contributed by atoms with Crippen LogP contribution in [0.25, 0.3) is 10.6 Å². The van der Waals surface area contributed by atoms with E-state index < -0.39 is 0 Å². The number of nitrogens with one attached hydrogen (secondary N) is 1. The number of benzene rings is 1. The van der Waals surface area contributed by atoms with E-state index in [9.17, 15) is 4.79 Å². The summed E-state index contributed by atoms with van der Waals surface area (Å²) in [5.41, 5.74) is 2.50. The summed E-state index contributed by atoms with van der Waals surface area (Å²) in [7, 11) is 0. The zero-order chi connectivity index (χ0) is 20.2. The van der Waals surface area contributed by atoms with Gasteiger partial charge in [-0.3, -0.25) is 9.78 Å². The van der Waals surface area contributed by atoms with Crippen LogP contribution in [0.15, 0.2) is 60.4 Å². The van der Waals surface area contributed by atoms with Gasteiger partial charge in [-0.15, -0.1) is 11.3 Å². The summed E-state index contributed by atoms with van der Waals surface area (Å²) in [6.07, 6.45) is 5.27. The maximum atomic E-state index is 12.5. The molecule has 0 aliphatic rings. The van der Waals surface area contributed by atoms with E-state index in [1.807, 2.05) is 23.6 Å². The van der Waals surface area contributed by atoms with Gasteiger partial charge in [0.05, 0.1) is 24.9 Å². The number of rotatable bonds is 6. The minimum absolute atomic E-state index is 0.169. The van der Waals surface area contributed by atoms with E-state index in [1.54, 1.807) is 41.5 Å². The third-order valence-electron chi connectivity index (χ3n) is 4.12. The first-order chi connectivity index (χ1) is 14.1. The molecular formula is C20H15Cl2N5OS. The molecule has 9 heteroatoms. The molecule has 0 radical (unpaired) electrons. The molecule has 4 aromatic rings. The third kappa shape index (κ3) is 4.82. The first-order valence-electron chi connectivity index (χ1n) is 8.69. The zero-order valence-corrected chi connectivity index (χ0v) is 17.4. The second kappa shape index (κ2) is 8.73. The van der Waals surface area contributed by atoms with Gasteiger partial charge in [0.25, 0.3) is 0 Å². The maximum absolute atomic E-state index is 12.5. The lowest BCUT2D eigenvalue weighted by atomic mass is 10.2. The molecule has 0 unspecified atom stereocenters. The molecule has 0 fully saturated rings. The van der Waals surface area contributed by atoms with Crippen LogP contribution in [0.1, 0.15) is 11.3 Å². The number of anilines is 1. The van der Waals surface area contributed by atoms with E-state index in [0.29, 0.717) is 28.1 Å². The summed E-state index contributed by atoms with van der Waals surface area (Å²) >= 11 is 13.7. The lowest BCUT2D eigenvalue weighted by Gasteiger charge is -2.10. The van der Waals surface area contributed by atoms with Crippen molar-refractivity contribution < 1.29 is 4.79 Å². The largest absolute Gasteiger partial charge is 0.311 e. The molecule has 146 valence electrons. The summed E-state index contributed by atoms with van der Waals surface area (Å²) in [5.74, 6) is 0.417. The topological polar surface area (TPSA) is 72.7 Å². The lowest BCUT2D eigenvalue weighted by molar-refractivity contribution is -0.115. The normalized spacial score (nSPS) is 10.8. The fraction of sp³-hybridized carbons (Fsp3) is 0.100. The highest BCUT2D eigenvalue weighted by atomic mass is 35.5. The average molecular weight is 444 g/mol. The molecule has 4 rings (SSSR count). The summed E-state index contributed by atoms with van der Waals surface area (Å²) < 4.78 is 1.68. The molecule has 3 aromatic heterocycles. The number of hydrogen-bond acceptors (Lipinski definition) is 5. The van der Waals surface area contributed by atoms with Crippen LogP contribution in [0.3, 0.4) is 0 Å². The van der Waals surface area contributed by atoms with Gasteiger partial charge in [0.2, 0.25) is 5.91 Å². The summed E-state index contributed by atoms with van der Waals surface area (Å²) in [6.45, 7) is 0.417. The van der Waals surface area contributed by atoms with Crippen molar-refractivity contribution in [1.29, 1.82) is 0 Å². The van der Waals surface area contributed by atoms with Crippen LogP contribution in [0.2, 0.25) is 10.0 Å². The van der Waals surface area contributed by atoms with E-state index in [0.717, 1.165) is 16.1 Å². The molecule has 0 saturated heterocycles. The number of amides is 1. The molecule has 6 nitrogen and oxygen atoms in total. The molecule has 3 heterocycles. The lowest BCUT2D eigenvalue weighted by Crippen LogP contribution is -2.18. The van der Waals surface area contributed by atoms with Crippen molar-refractivity contribution in [2.24, 2.45) is 0 Å². The Morgan fingerprint density at radius 3 is 2.86 bits per heavy atom. The van der Waals surface area contributed by atoms with Crippen molar-refractivity contribution in [3.8, 4) is 10.6 Å². The van der Waals surface area contributed by atoms with E-state index in [2.05, 4.69) is 20.4 Å². The Bertz CT molecular complexity index is 1140. The highest BCUT2D eigenvalue weighted by Gasteiger charge is 2.13. The Hall–Kier alpha value is -2.74. The van der Waals surface area contributed by atoms with Crippen LogP contribution < -0.4 is 5.32 Å². The Kier molecular flexibility index (Phi) is 5.89. The van der Waals surface area contributed by atoms with Gasteiger partial charge in [-0.25, -0.2) is 9.67 Å². The van der Waals surface area contributed by atoms with Gasteiger partial charge in [-0.1, -0.05) is 29.3 Å². The number of carbonyl (C=O) groups excluding carboxylic acids is 1. The molecule has 29 heavy (non-hydrogen) atoms. The SMILES string of the molecule is O=C(Cc1csc(-c2cccnc2)n1)Nc1ccnn1Cc1ccc(Cl)cc1Cl. The molecule has 1 aromatic carbocycles. The molecule has 0 spiro atoms. The van der Waals surface area contributed by atoms with Crippen LogP contribution in [0.5, 0.6) is 0 Å². The quantitative estimate of drug-likeness (QED) is 0.457. The number of thiazole rings is 1. The van der Waals surface area contributed by atoms with Crippen molar-refractivity contribution in [3.63, 3.8) is 0 Å². The predicted octanol–water partition coefficient (Wildman–Crippen LogP) is 4.94. The fourth-order valence-corrected chi connectivity index (χ4v) is 4.02. The average Bonchev–Trinajstić information content (AvgIpc) is 3.34. The Labute approximate surface area is 181 Å². The van der Waals surface area contributed by atoms with Gasteiger partial charge in [-0.2, -0.15) is 5.10 Å². The number of carbonyl (C=O) groups is 1. The van der Waals surface area contributed by atoms with Crippen molar-refractivity contribution in [3.05, 3.63) is 81.7 Å². The summed E-state index contributed by atoms with van der Waals surface area (Å²) in [6, 6.07) is 10.8. The number of hydrogen-bond donors (Lipinski definition) is 1. The van der Waals surface area contributed by atoms with Crippen molar-refractivity contribution in [2.75, 3.05) is 5.32 Å². The summed E-state index contributed by atoms with van der Waals surface area (Å²) in [5, 5.41) is 11.0. The molecule has 0 atom stereocenters. The predicted molar refractivity (Wildman–Crippen MR) is 115 cm³/mol. The second-order valence-electron chi connectivity index (χ2n) is 6.22. The van der Waals surface area contributed by atoms with Crippen molar-refractivity contribution in [2.45, 2.75) is 13.0 Å². The minimum atomic E-state index is -0.169. The first kappa shape index (κ1) is 19.6. The number of nitrogens with zero attached hydrogens (tertiary/aromatic N) is 4. The molecule has 1 amide bonds. The number of halogens is 2. The van der Waals surface area contributed by atoms with Crippen molar-refractivity contribution in [1.82, 2.24) is 19.7 Å². The van der Waals surface area contributed by atoms with E-state index in [-0.39, 0.29) is 12.3 Å². The summed E-state index contributed by atoms with van der Waals surface area (Å²) in [4.78, 5) is 21.1. The molecule has 0 bridgehead atoms. The third-order valence-corrected chi connectivity index (χ3v) is 5.65. The zero-order valence-electron chi connectivity index (χ0n) is 15.0. The maximum Gasteiger partial charge on any atom is 0.231 e. The Balaban J connectivity index is 1.42. The van der Waals surface area contributed by atoms with Gasteiger partial charge in [0.1, 0.15) is 10.8 Å². The molecule has 0 saturated carbocycles. The van der Waals surface area contributed by atoms with Gasteiger partial charge in [-0.05, 0) is 29.8 Å². The smallest absolute Gasteiger partial charge is 0.231 e. The standard InChI is InChI=1S/C20H15Cl2N5OS/c21-15-4-3-14(17(22)8-15)11-27-18(5-7-24-27)26-19(28)9-16-12-29-20(25-16)13-2-1-6-23-10-13/h1-8,10,12H,9,11H2,(H,26,28). The van der Waals surface area contributed by atoms with Gasteiger partial charge < -0.3 is 5.32 Å². The monoisotopic (exact) mass is 443 g/mol. The van der Waals surface area contributed by atoms with Gasteiger partial charge >= 0.3 is 0 Å². The van der Waals surface area contributed by atoms with Crippen LogP contribution in [-0.4, -0.2) is 25.7 Å². The minimum Gasteiger partial charge on any atom is -0.311 e. The second-order valence-corrected chi connectivity index (χ2v) is 7.92. The van der Waals surface area contributed by atoms with Gasteiger partial charge in [0.15, 0.2) is 0 Å². The van der Waals surface area contributed by atoms with E-state index in [4.69, 9.17) is 23.2 Å². The van der Waals surface area contributed by atoms with Crippen molar-refractivity contribution >= 4 is 46.3 Å². The highest BCUT2D eigenvalue weighted by Crippen LogP contribution is 2.24. The van der Waals surface area contributed by atoms with Crippen LogP contribution in [0, 0.1) is 0 Å². The molecule has 0 aliphatic heterocycles. The molecular weight excluding hydrogens is 429 g/mol. The number of pyridine rings is 1. The first-order valence-corrected chi connectivity index (χ1v) is 10.3. The van der Waals surface area contributed by atoms with Crippen LogP contribution in [-0.2, 0) is 17.8 Å². The van der Waals surface area contributed by atoms with Crippen LogP contribution in [0.4, 0.5) is 5.82 Å². The number of aromatic nitrogens is 4. The Morgan fingerprint density at radius 1 is 1.17 bits per heavy atom.